The van der Waals surface area contributed by atoms with Crippen LogP contribution in [-0.4, -0.2) is 60.6 Å². The molecule has 10 nitrogen and oxygen atoms in total. The number of piperidine rings is 1. The Balaban J connectivity index is 1.23. The minimum absolute atomic E-state index is 0.00748. The number of nitrogens with two attached hydrogens (primary N) is 1. The van der Waals surface area contributed by atoms with Gasteiger partial charge in [0.05, 0.1) is 24.0 Å². The molecule has 3 atom stereocenters. The number of aromatic nitrogens is 5. The van der Waals surface area contributed by atoms with Gasteiger partial charge in [-0.2, -0.15) is 5.26 Å². The van der Waals surface area contributed by atoms with E-state index >= 15 is 0 Å². The summed E-state index contributed by atoms with van der Waals surface area (Å²) in [6, 6.07) is 15.8. The van der Waals surface area contributed by atoms with Crippen LogP contribution in [0.4, 0.5) is 0 Å². The monoisotopic (exact) mass is 572 g/mol. The van der Waals surface area contributed by atoms with Crippen LogP contribution in [0, 0.1) is 23.2 Å². The molecule has 2 N–H and O–H groups in total. The van der Waals surface area contributed by atoms with Crippen molar-refractivity contribution >= 4 is 28.0 Å². The van der Waals surface area contributed by atoms with Crippen molar-refractivity contribution in [2.45, 2.75) is 44.3 Å². The summed E-state index contributed by atoms with van der Waals surface area (Å²) in [5.41, 5.74) is 12.4. The maximum atomic E-state index is 13.7. The SMILES string of the molecule is COc1cc(C(=O)N2C[C@H]3CC[C@@H]2[C@@H]3N)cc2nc(-c3cc4ccc(-c5ccc(C#N)nc5)nc4n3CC3CC3)n(C)c12. The van der Waals surface area contributed by atoms with Crippen LogP contribution in [0.2, 0.25) is 0 Å². The number of imidazole rings is 1. The number of fused-ring (bicyclic) bond motifs is 4. The number of carbonyl (C=O) groups is 1. The summed E-state index contributed by atoms with van der Waals surface area (Å²) in [5.74, 6) is 2.39. The number of pyridine rings is 2. The topological polar surface area (TPSA) is 128 Å². The van der Waals surface area contributed by atoms with Crippen LogP contribution in [-0.2, 0) is 13.6 Å². The molecule has 1 saturated heterocycles. The number of likely N-dealkylation sites (tertiary alicyclic amines) is 1. The molecule has 1 aliphatic heterocycles. The van der Waals surface area contributed by atoms with Gasteiger partial charge in [-0.25, -0.2) is 15.0 Å². The Morgan fingerprint density at radius 1 is 1.12 bits per heavy atom. The van der Waals surface area contributed by atoms with E-state index in [0.29, 0.717) is 35.4 Å². The summed E-state index contributed by atoms with van der Waals surface area (Å²) in [7, 11) is 3.63. The highest BCUT2D eigenvalue weighted by molar-refractivity contribution is 6.00. The van der Waals surface area contributed by atoms with Crippen LogP contribution in [0.3, 0.4) is 0 Å². The van der Waals surface area contributed by atoms with E-state index in [-0.39, 0.29) is 18.0 Å². The van der Waals surface area contributed by atoms with E-state index in [1.165, 1.54) is 12.8 Å². The number of nitriles is 1. The van der Waals surface area contributed by atoms with Gasteiger partial charge in [0.1, 0.15) is 28.7 Å². The molecule has 0 radical (unpaired) electrons. The summed E-state index contributed by atoms with van der Waals surface area (Å²) in [5, 5.41) is 10.2. The summed E-state index contributed by atoms with van der Waals surface area (Å²) in [4.78, 5) is 30.0. The first-order valence-electron chi connectivity index (χ1n) is 14.9. The van der Waals surface area contributed by atoms with Gasteiger partial charge in [-0.05, 0) is 80.0 Å². The van der Waals surface area contributed by atoms with E-state index in [1.54, 1.807) is 19.4 Å². The lowest BCUT2D eigenvalue weighted by atomic mass is 10.1. The molecule has 3 aliphatic rings. The number of hydrogen-bond donors (Lipinski definition) is 1. The molecule has 10 heteroatoms. The molecular formula is C33H32N8O2. The molecule has 0 unspecified atom stereocenters. The first-order valence-corrected chi connectivity index (χ1v) is 14.9. The van der Waals surface area contributed by atoms with E-state index in [4.69, 9.17) is 25.7 Å². The maximum absolute atomic E-state index is 13.7. The third kappa shape index (κ3) is 4.10. The molecule has 2 saturated carbocycles. The van der Waals surface area contributed by atoms with Crippen molar-refractivity contribution in [1.82, 2.24) is 29.0 Å². The fourth-order valence-electron chi connectivity index (χ4n) is 7.09. The lowest BCUT2D eigenvalue weighted by molar-refractivity contribution is 0.0700. The molecule has 2 bridgehead atoms. The van der Waals surface area contributed by atoms with Gasteiger partial charge in [0, 0.05) is 54.9 Å². The third-order valence-electron chi connectivity index (χ3n) is 9.60. The van der Waals surface area contributed by atoms with Crippen molar-refractivity contribution in [3.63, 3.8) is 0 Å². The van der Waals surface area contributed by atoms with Crippen LogP contribution in [0.1, 0.15) is 41.7 Å². The van der Waals surface area contributed by atoms with Gasteiger partial charge in [-0.15, -0.1) is 0 Å². The van der Waals surface area contributed by atoms with E-state index < -0.39 is 0 Å². The number of amides is 1. The van der Waals surface area contributed by atoms with Gasteiger partial charge in [-0.3, -0.25) is 4.79 Å². The van der Waals surface area contributed by atoms with Crippen molar-refractivity contribution < 1.29 is 9.53 Å². The fourth-order valence-corrected chi connectivity index (χ4v) is 7.09. The molecule has 216 valence electrons. The number of rotatable bonds is 6. The Hall–Kier alpha value is -4.75. The number of aryl methyl sites for hydroxylation is 1. The van der Waals surface area contributed by atoms with E-state index in [0.717, 1.165) is 64.2 Å². The summed E-state index contributed by atoms with van der Waals surface area (Å²) in [6.45, 7) is 1.57. The van der Waals surface area contributed by atoms with Crippen molar-refractivity contribution in [3.8, 4) is 34.6 Å². The molecule has 1 aromatic carbocycles. The minimum atomic E-state index is -0.00748. The first kappa shape index (κ1) is 25.9. The number of methoxy groups -OCH3 is 1. The van der Waals surface area contributed by atoms with Gasteiger partial charge in [-0.1, -0.05) is 0 Å². The average Bonchev–Trinajstić information content (AvgIpc) is 3.44. The number of benzene rings is 1. The molecular weight excluding hydrogens is 540 g/mol. The van der Waals surface area contributed by atoms with E-state index in [2.05, 4.69) is 32.3 Å². The number of hydrogen-bond acceptors (Lipinski definition) is 7. The Bertz CT molecular complexity index is 1960. The van der Waals surface area contributed by atoms with E-state index in [9.17, 15) is 4.79 Å². The lowest BCUT2D eigenvalue weighted by Crippen LogP contribution is -2.41. The predicted octanol–water partition coefficient (Wildman–Crippen LogP) is 4.50. The van der Waals surface area contributed by atoms with Crippen molar-refractivity contribution in [3.05, 3.63) is 59.9 Å². The van der Waals surface area contributed by atoms with Gasteiger partial charge in [0.2, 0.25) is 0 Å². The number of ether oxygens (including phenoxy) is 1. The highest BCUT2D eigenvalue weighted by Crippen LogP contribution is 2.40. The van der Waals surface area contributed by atoms with Crippen molar-refractivity contribution in [2.75, 3.05) is 13.7 Å². The van der Waals surface area contributed by atoms with Gasteiger partial charge < -0.3 is 24.5 Å². The quantitative estimate of drug-likeness (QED) is 0.317. The predicted molar refractivity (Wildman–Crippen MR) is 162 cm³/mol. The van der Waals surface area contributed by atoms with Crippen LogP contribution in [0.25, 0.3) is 44.8 Å². The minimum Gasteiger partial charge on any atom is -0.494 e. The normalized spacial score (nSPS) is 21.2. The maximum Gasteiger partial charge on any atom is 0.254 e. The van der Waals surface area contributed by atoms with Crippen LogP contribution < -0.4 is 10.5 Å². The summed E-state index contributed by atoms with van der Waals surface area (Å²) >= 11 is 0. The average molecular weight is 573 g/mol. The van der Waals surface area contributed by atoms with Gasteiger partial charge in [0.15, 0.2) is 5.82 Å². The Kier molecular flexibility index (Phi) is 5.81. The largest absolute Gasteiger partial charge is 0.494 e. The molecule has 5 aromatic rings. The van der Waals surface area contributed by atoms with Crippen molar-refractivity contribution in [2.24, 2.45) is 24.6 Å². The molecule has 43 heavy (non-hydrogen) atoms. The second kappa shape index (κ2) is 9.64. The molecule has 5 heterocycles. The Morgan fingerprint density at radius 3 is 2.65 bits per heavy atom. The number of carbonyl (C=O) groups excluding carboxylic acids is 1. The zero-order chi connectivity index (χ0) is 29.4. The zero-order valence-electron chi connectivity index (χ0n) is 24.2. The second-order valence-corrected chi connectivity index (χ2v) is 12.2. The Labute approximate surface area is 248 Å². The standard InChI is InChI=1S/C33H32N8O2/c1-39-30-25(11-22(13-28(30)43-2)33(42)41-17-21-7-10-26(41)29(21)35)38-32(39)27-12-19-6-9-24(20-5-8-23(14-34)36-15-20)37-31(19)40(27)16-18-3-4-18/h5-6,8-9,11-13,15,18,21,26,29H,3-4,7,10,16-17,35H2,1-2H3/t21-,26-,29-/m1/s1. The molecule has 0 spiro atoms. The highest BCUT2D eigenvalue weighted by atomic mass is 16.5. The number of nitrogens with zero attached hydrogens (tertiary/aromatic N) is 7. The van der Waals surface area contributed by atoms with Gasteiger partial charge in [0.25, 0.3) is 5.91 Å². The van der Waals surface area contributed by atoms with Gasteiger partial charge >= 0.3 is 0 Å². The molecule has 3 fully saturated rings. The third-order valence-corrected chi connectivity index (χ3v) is 9.60. The molecule has 4 aromatic heterocycles. The van der Waals surface area contributed by atoms with Crippen LogP contribution >= 0.6 is 0 Å². The fraction of sp³-hybridized carbons (Fsp3) is 0.364. The summed E-state index contributed by atoms with van der Waals surface area (Å²) in [6.07, 6.45) is 6.15. The molecule has 1 amide bonds. The first-order chi connectivity index (χ1) is 20.9. The second-order valence-electron chi connectivity index (χ2n) is 12.2. The highest BCUT2D eigenvalue weighted by Gasteiger charge is 2.47. The summed E-state index contributed by atoms with van der Waals surface area (Å²) < 4.78 is 10.2. The Morgan fingerprint density at radius 2 is 1.98 bits per heavy atom. The lowest BCUT2D eigenvalue weighted by Gasteiger charge is -2.27. The smallest absolute Gasteiger partial charge is 0.254 e. The van der Waals surface area contributed by atoms with Crippen LogP contribution in [0.5, 0.6) is 5.75 Å². The van der Waals surface area contributed by atoms with Crippen molar-refractivity contribution in [1.29, 1.82) is 5.26 Å². The van der Waals surface area contributed by atoms with E-state index in [1.807, 2.05) is 36.2 Å². The molecule has 8 rings (SSSR count). The van der Waals surface area contributed by atoms with Crippen LogP contribution in [0.15, 0.2) is 48.7 Å². The zero-order valence-corrected chi connectivity index (χ0v) is 24.2. The molecule has 2 aliphatic carbocycles.